The van der Waals surface area contributed by atoms with Gasteiger partial charge < -0.3 is 4.74 Å². The molecule has 0 bridgehead atoms. The molecule has 2 aromatic carbocycles. The second kappa shape index (κ2) is 11.2. The molecule has 1 aliphatic heterocycles. The number of nitrogens with one attached hydrogen (secondary N) is 1. The van der Waals surface area contributed by atoms with Crippen LogP contribution in [-0.4, -0.2) is 36.4 Å². The van der Waals surface area contributed by atoms with Gasteiger partial charge in [-0.05, 0) is 61.2 Å². The van der Waals surface area contributed by atoms with Gasteiger partial charge in [-0.1, -0.05) is 54.6 Å². The van der Waals surface area contributed by atoms with Crippen LogP contribution >= 0.6 is 11.8 Å². The molecule has 0 radical (unpaired) electrons. The first kappa shape index (κ1) is 25.9. The second-order valence-corrected chi connectivity index (χ2v) is 11.1. The molecular formula is C26H26N2O6S2. The maximum Gasteiger partial charge on any atom is 0.297 e. The van der Waals surface area contributed by atoms with Gasteiger partial charge in [0.1, 0.15) is 12.4 Å². The van der Waals surface area contributed by atoms with Crippen LogP contribution in [-0.2, 0) is 31.9 Å². The lowest BCUT2D eigenvalue weighted by atomic mass is 10.1. The zero-order valence-electron chi connectivity index (χ0n) is 19.8. The number of aromatic nitrogens is 1. The van der Waals surface area contributed by atoms with E-state index in [1.54, 1.807) is 48.7 Å². The minimum Gasteiger partial charge on any atom is -0.490 e. The van der Waals surface area contributed by atoms with E-state index in [9.17, 15) is 18.0 Å². The highest BCUT2D eigenvalue weighted by molar-refractivity contribution is 8.15. The first-order valence-electron chi connectivity index (χ1n) is 11.4. The number of amides is 2. The van der Waals surface area contributed by atoms with Gasteiger partial charge in [0.05, 0.1) is 15.8 Å². The number of carbonyl (C=O) groups is 2. The van der Waals surface area contributed by atoms with Crippen LogP contribution in [0.25, 0.3) is 0 Å². The molecule has 2 unspecified atom stereocenters. The highest BCUT2D eigenvalue weighted by Gasteiger charge is 2.31. The van der Waals surface area contributed by atoms with Crippen molar-refractivity contribution in [2.75, 3.05) is 6.61 Å². The highest BCUT2D eigenvalue weighted by Crippen LogP contribution is 2.26. The number of hydrogen-bond donors (Lipinski definition) is 1. The van der Waals surface area contributed by atoms with E-state index in [1.165, 1.54) is 12.1 Å². The summed E-state index contributed by atoms with van der Waals surface area (Å²) >= 11 is 0.980. The Morgan fingerprint density at radius 3 is 2.28 bits per heavy atom. The van der Waals surface area contributed by atoms with E-state index < -0.39 is 21.5 Å². The molecule has 1 saturated heterocycles. The SMILES string of the molecule is CCc1ccc(C(COc2ccc(CC3SC(=O)NC3=O)cc2)OS(=O)(=O)c2ccc(C)cc2)nc1. The maximum atomic E-state index is 13.0. The number of ether oxygens (including phenoxy) is 1. The molecule has 188 valence electrons. The Balaban J connectivity index is 1.47. The van der Waals surface area contributed by atoms with E-state index in [1.807, 2.05) is 19.9 Å². The monoisotopic (exact) mass is 526 g/mol. The average Bonchev–Trinajstić information content (AvgIpc) is 3.19. The maximum absolute atomic E-state index is 13.0. The lowest BCUT2D eigenvalue weighted by Gasteiger charge is -2.18. The minimum absolute atomic E-state index is 0.0555. The van der Waals surface area contributed by atoms with E-state index in [0.29, 0.717) is 17.9 Å². The Labute approximate surface area is 214 Å². The van der Waals surface area contributed by atoms with Gasteiger partial charge in [-0.25, -0.2) is 0 Å². The predicted octanol–water partition coefficient (Wildman–Crippen LogP) is 4.37. The van der Waals surface area contributed by atoms with Crippen LogP contribution in [0.3, 0.4) is 0 Å². The van der Waals surface area contributed by atoms with Crippen molar-refractivity contribution in [3.63, 3.8) is 0 Å². The molecule has 1 fully saturated rings. The summed E-state index contributed by atoms with van der Waals surface area (Å²) in [6.45, 7) is 3.80. The zero-order chi connectivity index (χ0) is 25.7. The molecule has 0 saturated carbocycles. The van der Waals surface area contributed by atoms with E-state index in [4.69, 9.17) is 8.92 Å². The van der Waals surface area contributed by atoms with Crippen molar-refractivity contribution < 1.29 is 26.9 Å². The predicted molar refractivity (Wildman–Crippen MR) is 136 cm³/mol. The molecule has 0 aliphatic carbocycles. The van der Waals surface area contributed by atoms with Gasteiger partial charge in [0, 0.05) is 6.20 Å². The summed E-state index contributed by atoms with van der Waals surface area (Å²) in [5.41, 5.74) is 3.27. The van der Waals surface area contributed by atoms with Crippen LogP contribution in [0.15, 0.2) is 71.8 Å². The molecule has 4 rings (SSSR count). The number of thioether (sulfide) groups is 1. The van der Waals surface area contributed by atoms with Crippen LogP contribution in [0.5, 0.6) is 5.75 Å². The smallest absolute Gasteiger partial charge is 0.297 e. The Hall–Kier alpha value is -3.21. The van der Waals surface area contributed by atoms with Crippen LogP contribution in [0, 0.1) is 6.92 Å². The summed E-state index contributed by atoms with van der Waals surface area (Å²) < 4.78 is 37.4. The number of rotatable bonds is 10. The zero-order valence-corrected chi connectivity index (χ0v) is 21.5. The average molecular weight is 527 g/mol. The number of imide groups is 1. The van der Waals surface area contributed by atoms with Crippen LogP contribution in [0.4, 0.5) is 4.79 Å². The van der Waals surface area contributed by atoms with Crippen molar-refractivity contribution in [1.29, 1.82) is 0 Å². The summed E-state index contributed by atoms with van der Waals surface area (Å²) in [5, 5.41) is 1.49. The molecule has 2 atom stereocenters. The summed E-state index contributed by atoms with van der Waals surface area (Å²) in [4.78, 5) is 27.6. The normalized spacial score (nSPS) is 16.6. The van der Waals surface area contributed by atoms with Crippen molar-refractivity contribution in [3.8, 4) is 5.75 Å². The third kappa shape index (κ3) is 6.51. The fraction of sp³-hybridized carbons (Fsp3) is 0.269. The van der Waals surface area contributed by atoms with E-state index in [-0.39, 0.29) is 22.6 Å². The molecule has 3 aromatic rings. The number of pyridine rings is 1. The van der Waals surface area contributed by atoms with Crippen molar-refractivity contribution in [2.45, 2.75) is 42.9 Å². The highest BCUT2D eigenvalue weighted by atomic mass is 32.2. The van der Waals surface area contributed by atoms with Gasteiger partial charge in [-0.3, -0.25) is 24.1 Å². The Kier molecular flexibility index (Phi) is 8.07. The van der Waals surface area contributed by atoms with E-state index in [0.717, 1.165) is 34.9 Å². The molecule has 2 heterocycles. The molecule has 1 aromatic heterocycles. The standard InChI is InChI=1S/C26H26N2O6S2/c1-3-18-8-13-22(27-15-18)23(34-36(31,32)21-11-4-17(2)5-12-21)16-33-20-9-6-19(7-10-20)14-24-25(29)28-26(30)35-24/h4-13,15,23-24H,3,14,16H2,1-2H3,(H,28,29,30). The molecule has 1 aliphatic rings. The van der Waals surface area contributed by atoms with Crippen LogP contribution in [0.2, 0.25) is 0 Å². The molecule has 10 heteroatoms. The fourth-order valence-electron chi connectivity index (χ4n) is 3.55. The third-order valence-corrected chi connectivity index (χ3v) is 7.97. The van der Waals surface area contributed by atoms with Gasteiger partial charge in [0.2, 0.25) is 5.91 Å². The second-order valence-electron chi connectivity index (χ2n) is 8.34. The molecule has 1 N–H and O–H groups in total. The van der Waals surface area contributed by atoms with Gasteiger partial charge in [0.15, 0.2) is 6.10 Å². The molecule has 2 amide bonds. The largest absolute Gasteiger partial charge is 0.490 e. The van der Waals surface area contributed by atoms with Gasteiger partial charge in [-0.15, -0.1) is 0 Å². The Morgan fingerprint density at radius 1 is 1.00 bits per heavy atom. The van der Waals surface area contributed by atoms with E-state index in [2.05, 4.69) is 10.3 Å². The first-order chi connectivity index (χ1) is 17.2. The van der Waals surface area contributed by atoms with E-state index >= 15 is 0 Å². The number of carbonyl (C=O) groups excluding carboxylic acids is 2. The van der Waals surface area contributed by atoms with Gasteiger partial charge in [0.25, 0.3) is 15.4 Å². The molecule has 36 heavy (non-hydrogen) atoms. The minimum atomic E-state index is -4.06. The summed E-state index contributed by atoms with van der Waals surface area (Å²) in [5.74, 6) is 0.214. The Morgan fingerprint density at radius 2 is 1.69 bits per heavy atom. The Bertz CT molecular complexity index is 1320. The fourth-order valence-corrected chi connectivity index (χ4v) is 5.45. The third-order valence-electron chi connectivity index (χ3n) is 5.65. The van der Waals surface area contributed by atoms with Crippen molar-refractivity contribution in [3.05, 3.63) is 89.2 Å². The summed E-state index contributed by atoms with van der Waals surface area (Å²) in [6.07, 6.45) is 1.95. The van der Waals surface area contributed by atoms with Crippen molar-refractivity contribution >= 4 is 33.0 Å². The van der Waals surface area contributed by atoms with Crippen molar-refractivity contribution in [1.82, 2.24) is 10.3 Å². The topological polar surface area (TPSA) is 112 Å². The van der Waals surface area contributed by atoms with Crippen molar-refractivity contribution in [2.24, 2.45) is 0 Å². The van der Waals surface area contributed by atoms with Gasteiger partial charge in [-0.2, -0.15) is 8.42 Å². The quantitative estimate of drug-likeness (QED) is 0.388. The number of aryl methyl sites for hydroxylation is 2. The summed E-state index contributed by atoms with van der Waals surface area (Å²) in [7, 11) is -4.06. The molecule has 8 nitrogen and oxygen atoms in total. The van der Waals surface area contributed by atoms with Gasteiger partial charge >= 0.3 is 0 Å². The lowest BCUT2D eigenvalue weighted by molar-refractivity contribution is -0.118. The molecule has 0 spiro atoms. The number of nitrogens with zero attached hydrogens (tertiary/aromatic N) is 1. The lowest BCUT2D eigenvalue weighted by Crippen LogP contribution is -2.25. The molecular weight excluding hydrogens is 500 g/mol. The first-order valence-corrected chi connectivity index (χ1v) is 13.7. The van der Waals surface area contributed by atoms with Crippen LogP contribution in [0.1, 0.15) is 35.4 Å². The summed E-state index contributed by atoms with van der Waals surface area (Å²) in [6, 6.07) is 17.1. The van der Waals surface area contributed by atoms with Crippen LogP contribution < -0.4 is 10.1 Å². The number of hydrogen-bond acceptors (Lipinski definition) is 8. The number of benzene rings is 2.